The molecule has 0 amide bonds. The monoisotopic (exact) mass is 553 g/mol. The van der Waals surface area contributed by atoms with E-state index >= 15 is 0 Å². The summed E-state index contributed by atoms with van der Waals surface area (Å²) in [6.07, 6.45) is 1.70. The molecule has 0 fully saturated rings. The minimum Gasteiger partial charge on any atom is -0.357 e. The Morgan fingerprint density at radius 3 is 2.40 bits per heavy atom. The summed E-state index contributed by atoms with van der Waals surface area (Å²) < 4.78 is 24.9. The highest BCUT2D eigenvalue weighted by Gasteiger charge is 2.14. The highest BCUT2D eigenvalue weighted by molar-refractivity contribution is 14.0. The van der Waals surface area contributed by atoms with Crippen molar-refractivity contribution in [1.29, 1.82) is 0 Å². The van der Waals surface area contributed by atoms with Crippen molar-refractivity contribution in [3.8, 4) is 0 Å². The van der Waals surface area contributed by atoms with E-state index in [0.717, 1.165) is 32.0 Å². The second-order valence-corrected chi connectivity index (χ2v) is 9.67. The van der Waals surface area contributed by atoms with Gasteiger partial charge in [-0.1, -0.05) is 30.3 Å². The molecule has 0 spiro atoms. The van der Waals surface area contributed by atoms with Gasteiger partial charge in [0, 0.05) is 45.8 Å². The van der Waals surface area contributed by atoms with E-state index in [1.165, 1.54) is 9.87 Å². The van der Waals surface area contributed by atoms with E-state index in [1.807, 2.05) is 13.0 Å². The van der Waals surface area contributed by atoms with Crippen molar-refractivity contribution < 1.29 is 8.42 Å². The zero-order chi connectivity index (χ0) is 21.7. The first-order valence-electron chi connectivity index (χ1n) is 10.5. The van der Waals surface area contributed by atoms with Crippen LogP contribution in [0.2, 0.25) is 0 Å². The van der Waals surface area contributed by atoms with E-state index in [1.54, 1.807) is 14.0 Å². The zero-order valence-electron chi connectivity index (χ0n) is 19.1. The molecule has 0 heterocycles. The van der Waals surface area contributed by atoms with Gasteiger partial charge in [-0.25, -0.2) is 12.7 Å². The molecular weight excluding hydrogens is 513 g/mol. The van der Waals surface area contributed by atoms with Crippen LogP contribution in [0.5, 0.6) is 0 Å². The molecule has 0 saturated carbocycles. The predicted molar refractivity (Wildman–Crippen MR) is 138 cm³/mol. The van der Waals surface area contributed by atoms with Crippen molar-refractivity contribution in [2.24, 2.45) is 4.99 Å². The molecule has 0 aliphatic carbocycles. The Hall–Kier alpha value is -0.910. The van der Waals surface area contributed by atoms with Crippen LogP contribution in [0, 0.1) is 0 Å². The summed E-state index contributed by atoms with van der Waals surface area (Å²) in [5.74, 6) is 0.917. The minimum atomic E-state index is -3.11. The van der Waals surface area contributed by atoms with Gasteiger partial charge in [0.05, 0.1) is 5.75 Å². The number of benzene rings is 1. The van der Waals surface area contributed by atoms with Crippen LogP contribution in [0.1, 0.15) is 39.2 Å². The number of aliphatic imine (C=N–C) groups is 1. The van der Waals surface area contributed by atoms with Crippen molar-refractivity contribution in [1.82, 2.24) is 19.8 Å². The van der Waals surface area contributed by atoms with Gasteiger partial charge in [0.15, 0.2) is 5.96 Å². The van der Waals surface area contributed by atoms with Crippen LogP contribution in [0.3, 0.4) is 0 Å². The van der Waals surface area contributed by atoms with Crippen LogP contribution in [0.4, 0.5) is 0 Å². The molecule has 0 aromatic heterocycles. The number of nitrogens with zero attached hydrogens (tertiary/aromatic N) is 3. The number of halogens is 1. The first-order valence-corrected chi connectivity index (χ1v) is 12.1. The van der Waals surface area contributed by atoms with Crippen LogP contribution in [0.25, 0.3) is 0 Å². The molecule has 1 aromatic rings. The Morgan fingerprint density at radius 1 is 1.13 bits per heavy atom. The van der Waals surface area contributed by atoms with Crippen LogP contribution in [-0.4, -0.2) is 75.7 Å². The van der Waals surface area contributed by atoms with Crippen LogP contribution < -0.4 is 10.6 Å². The summed E-state index contributed by atoms with van der Waals surface area (Å²) in [6, 6.07) is 10.9. The van der Waals surface area contributed by atoms with Crippen LogP contribution in [-0.2, 0) is 16.6 Å². The van der Waals surface area contributed by atoms with E-state index < -0.39 is 10.0 Å². The van der Waals surface area contributed by atoms with Gasteiger partial charge < -0.3 is 10.6 Å². The van der Waals surface area contributed by atoms with Gasteiger partial charge in [0.2, 0.25) is 10.0 Å². The van der Waals surface area contributed by atoms with Gasteiger partial charge >= 0.3 is 0 Å². The first kappa shape index (κ1) is 29.1. The fourth-order valence-corrected chi connectivity index (χ4v) is 3.68. The molecule has 0 aliphatic heterocycles. The Morgan fingerprint density at radius 2 is 1.80 bits per heavy atom. The lowest BCUT2D eigenvalue weighted by Crippen LogP contribution is -2.40. The van der Waals surface area contributed by atoms with E-state index in [0.29, 0.717) is 25.6 Å². The van der Waals surface area contributed by atoms with Crippen molar-refractivity contribution in [2.45, 2.75) is 46.2 Å². The van der Waals surface area contributed by atoms with Crippen molar-refractivity contribution >= 4 is 40.0 Å². The summed E-state index contributed by atoms with van der Waals surface area (Å²) in [6.45, 7) is 9.56. The lowest BCUT2D eigenvalue weighted by atomic mass is 10.1. The molecule has 9 heteroatoms. The van der Waals surface area contributed by atoms with E-state index in [2.05, 4.69) is 58.8 Å². The maximum atomic E-state index is 11.8. The summed E-state index contributed by atoms with van der Waals surface area (Å²) in [5, 5.41) is 6.63. The van der Waals surface area contributed by atoms with Crippen LogP contribution >= 0.6 is 24.0 Å². The zero-order valence-corrected chi connectivity index (χ0v) is 22.2. The Kier molecular flexibility index (Phi) is 15.3. The molecule has 0 radical (unpaired) electrons. The van der Waals surface area contributed by atoms with Gasteiger partial charge in [-0.15, -0.1) is 24.0 Å². The first-order chi connectivity index (χ1) is 13.8. The topological polar surface area (TPSA) is 77.0 Å². The molecule has 0 saturated heterocycles. The average molecular weight is 554 g/mol. The summed E-state index contributed by atoms with van der Waals surface area (Å²) >= 11 is 0. The summed E-state index contributed by atoms with van der Waals surface area (Å²) in [7, 11) is 0.660. The average Bonchev–Trinajstić information content (AvgIpc) is 2.71. The summed E-state index contributed by atoms with van der Waals surface area (Å²) in [5.41, 5.74) is 1.32. The number of hydrogen-bond acceptors (Lipinski definition) is 4. The molecule has 174 valence electrons. The molecule has 1 atom stereocenters. The number of sulfonamides is 1. The maximum absolute atomic E-state index is 11.8. The number of nitrogens with one attached hydrogen (secondary N) is 2. The second-order valence-electron chi connectivity index (χ2n) is 7.30. The number of hydrogen-bond donors (Lipinski definition) is 2. The van der Waals surface area contributed by atoms with E-state index in [9.17, 15) is 8.42 Å². The van der Waals surface area contributed by atoms with Gasteiger partial charge in [-0.2, -0.15) is 0 Å². The predicted octanol–water partition coefficient (Wildman–Crippen LogP) is 2.74. The third-order valence-corrected chi connectivity index (χ3v) is 6.83. The molecule has 1 unspecified atom stereocenters. The van der Waals surface area contributed by atoms with Gasteiger partial charge in [-0.05, 0) is 46.2 Å². The smallest absolute Gasteiger partial charge is 0.213 e. The van der Waals surface area contributed by atoms with Crippen molar-refractivity contribution in [2.75, 3.05) is 46.0 Å². The van der Waals surface area contributed by atoms with Gasteiger partial charge in [0.25, 0.3) is 0 Å². The largest absolute Gasteiger partial charge is 0.357 e. The highest BCUT2D eigenvalue weighted by Crippen LogP contribution is 2.07. The van der Waals surface area contributed by atoms with Gasteiger partial charge in [-0.3, -0.25) is 9.89 Å². The van der Waals surface area contributed by atoms with Crippen LogP contribution in [0.15, 0.2) is 35.3 Å². The Labute approximate surface area is 200 Å². The normalized spacial score (nSPS) is 13.2. The number of guanidine groups is 1. The lowest BCUT2D eigenvalue weighted by Gasteiger charge is -2.25. The number of rotatable bonds is 13. The molecule has 7 nitrogen and oxygen atoms in total. The van der Waals surface area contributed by atoms with E-state index in [-0.39, 0.29) is 29.7 Å². The second kappa shape index (κ2) is 15.8. The molecule has 2 N–H and O–H groups in total. The fraction of sp³-hybridized carbons (Fsp3) is 0.667. The highest BCUT2D eigenvalue weighted by atomic mass is 127. The van der Waals surface area contributed by atoms with Gasteiger partial charge in [0.1, 0.15) is 0 Å². The molecule has 0 bridgehead atoms. The third kappa shape index (κ3) is 11.5. The molecule has 30 heavy (non-hydrogen) atoms. The minimum absolute atomic E-state index is 0. The Bertz CT molecular complexity index is 701. The van der Waals surface area contributed by atoms with Crippen molar-refractivity contribution in [3.63, 3.8) is 0 Å². The Balaban J connectivity index is 0.00000841. The van der Waals surface area contributed by atoms with Crippen molar-refractivity contribution in [3.05, 3.63) is 35.9 Å². The molecular formula is C21H40IN5O2S. The fourth-order valence-electron chi connectivity index (χ4n) is 2.83. The summed E-state index contributed by atoms with van der Waals surface area (Å²) in [4.78, 5) is 6.91. The molecule has 0 aliphatic rings. The molecule has 1 rings (SSSR count). The lowest BCUT2D eigenvalue weighted by molar-refractivity contribution is 0.238. The molecule has 1 aromatic carbocycles. The SMILES string of the molecule is CCNC(=NCCCN(C)S(=O)(=O)CC)NCCC(C)N(C)Cc1ccccc1.I. The van der Waals surface area contributed by atoms with E-state index in [4.69, 9.17) is 0 Å². The quantitative estimate of drug-likeness (QED) is 0.170. The standard InChI is InChI=1S/C21H39N5O2S.HI/c1-6-22-21(23-15-11-17-26(5)29(27,28)7-2)24-16-14-19(3)25(4)18-20-12-9-8-10-13-20;/h8-10,12-13,19H,6-7,11,14-18H2,1-5H3,(H2,22,23,24);1H. The third-order valence-electron chi connectivity index (χ3n) is 4.97. The maximum Gasteiger partial charge on any atom is 0.213 e.